The standard InChI is InChI=1S/C23H18N4O3S2/c1-14-19(21(29)27(25-14)18-6-4-3-5-7-18)13-26-22(30)20(32-23(26)31)12-16-8-10-17(11-9-16)24-15(2)28/h3-13H,1-2H3,(H,24,28)/b19-13-,20-12-. The fourth-order valence-electron chi connectivity index (χ4n) is 3.15. The summed E-state index contributed by atoms with van der Waals surface area (Å²) < 4.78 is 0.336. The van der Waals surface area contributed by atoms with Crippen LogP contribution in [0.4, 0.5) is 11.4 Å². The van der Waals surface area contributed by atoms with Gasteiger partial charge in [0.05, 0.1) is 21.9 Å². The van der Waals surface area contributed by atoms with Crippen molar-refractivity contribution in [1.82, 2.24) is 4.90 Å². The van der Waals surface area contributed by atoms with Gasteiger partial charge in [-0.15, -0.1) is 0 Å². The minimum atomic E-state index is -0.319. The molecule has 0 aliphatic carbocycles. The molecule has 1 saturated heterocycles. The van der Waals surface area contributed by atoms with Crippen LogP contribution in [0.25, 0.3) is 6.08 Å². The second kappa shape index (κ2) is 8.89. The molecule has 0 spiro atoms. The Morgan fingerprint density at radius 3 is 2.41 bits per heavy atom. The van der Waals surface area contributed by atoms with Gasteiger partial charge in [-0.05, 0) is 42.8 Å². The highest BCUT2D eigenvalue weighted by atomic mass is 32.2. The Bertz CT molecular complexity index is 1220. The highest BCUT2D eigenvalue weighted by Gasteiger charge is 2.35. The summed E-state index contributed by atoms with van der Waals surface area (Å²) in [6.45, 7) is 3.16. The van der Waals surface area contributed by atoms with Crippen LogP contribution >= 0.6 is 24.0 Å². The summed E-state index contributed by atoms with van der Waals surface area (Å²) in [7, 11) is 0. The van der Waals surface area contributed by atoms with Gasteiger partial charge < -0.3 is 5.32 Å². The second-order valence-electron chi connectivity index (χ2n) is 7.04. The molecule has 9 heteroatoms. The van der Waals surface area contributed by atoms with E-state index in [0.717, 1.165) is 17.3 Å². The first kappa shape index (κ1) is 21.7. The van der Waals surface area contributed by atoms with Crippen molar-refractivity contribution in [3.05, 3.63) is 76.8 Å². The molecule has 4 rings (SSSR count). The van der Waals surface area contributed by atoms with Crippen molar-refractivity contribution in [2.24, 2.45) is 5.10 Å². The third-order valence-corrected chi connectivity index (χ3v) is 6.00. The molecular weight excluding hydrogens is 444 g/mol. The first-order chi connectivity index (χ1) is 15.3. The molecule has 1 fully saturated rings. The molecule has 0 atom stereocenters. The molecule has 160 valence electrons. The first-order valence-electron chi connectivity index (χ1n) is 9.65. The highest BCUT2D eigenvalue weighted by Crippen LogP contribution is 2.34. The van der Waals surface area contributed by atoms with Gasteiger partial charge in [-0.1, -0.05) is 54.3 Å². The number of amides is 3. The number of anilines is 2. The number of hydrogen-bond acceptors (Lipinski definition) is 6. The van der Waals surface area contributed by atoms with Crippen LogP contribution in [-0.4, -0.2) is 32.7 Å². The van der Waals surface area contributed by atoms with Crippen molar-refractivity contribution >= 4 is 69.2 Å². The molecule has 0 unspecified atom stereocenters. The van der Waals surface area contributed by atoms with Gasteiger partial charge in [-0.3, -0.25) is 19.3 Å². The number of nitrogens with one attached hydrogen (secondary N) is 1. The fourth-order valence-corrected chi connectivity index (χ4v) is 4.36. The minimum absolute atomic E-state index is 0.155. The average Bonchev–Trinajstić information content (AvgIpc) is 3.20. The van der Waals surface area contributed by atoms with Crippen molar-refractivity contribution in [3.63, 3.8) is 0 Å². The van der Waals surface area contributed by atoms with Crippen molar-refractivity contribution in [2.75, 3.05) is 10.3 Å². The van der Waals surface area contributed by atoms with Crippen molar-refractivity contribution in [2.45, 2.75) is 13.8 Å². The third kappa shape index (κ3) is 4.39. The van der Waals surface area contributed by atoms with Gasteiger partial charge in [0, 0.05) is 18.8 Å². The summed E-state index contributed by atoms with van der Waals surface area (Å²) in [6.07, 6.45) is 3.19. The monoisotopic (exact) mass is 462 g/mol. The molecule has 0 bridgehead atoms. The zero-order valence-corrected chi connectivity index (χ0v) is 18.9. The first-order valence-corrected chi connectivity index (χ1v) is 10.9. The molecule has 0 saturated carbocycles. The predicted molar refractivity (Wildman–Crippen MR) is 131 cm³/mol. The molecule has 32 heavy (non-hydrogen) atoms. The zero-order chi connectivity index (χ0) is 22.8. The van der Waals surface area contributed by atoms with Gasteiger partial charge in [0.1, 0.15) is 0 Å². The Labute approximate surface area is 194 Å². The molecule has 2 aliphatic heterocycles. The molecule has 1 N–H and O–H groups in total. The molecule has 3 amide bonds. The Hall–Kier alpha value is -3.56. The van der Waals surface area contributed by atoms with Gasteiger partial charge in [0.15, 0.2) is 4.32 Å². The summed E-state index contributed by atoms with van der Waals surface area (Å²) in [5, 5.41) is 8.34. The zero-order valence-electron chi connectivity index (χ0n) is 17.2. The summed E-state index contributed by atoms with van der Waals surface area (Å²) >= 11 is 6.55. The van der Waals surface area contributed by atoms with Gasteiger partial charge >= 0.3 is 0 Å². The lowest BCUT2D eigenvalue weighted by atomic mass is 10.1. The lowest BCUT2D eigenvalue weighted by Gasteiger charge is -2.12. The van der Waals surface area contributed by atoms with Crippen LogP contribution < -0.4 is 10.3 Å². The Kier molecular flexibility index (Phi) is 6.02. The second-order valence-corrected chi connectivity index (χ2v) is 8.71. The van der Waals surface area contributed by atoms with E-state index in [1.165, 1.54) is 23.0 Å². The Morgan fingerprint density at radius 1 is 1.06 bits per heavy atom. The van der Waals surface area contributed by atoms with E-state index in [1.54, 1.807) is 49.4 Å². The van der Waals surface area contributed by atoms with Crippen molar-refractivity contribution < 1.29 is 14.4 Å². The van der Waals surface area contributed by atoms with Crippen LogP contribution in [0.3, 0.4) is 0 Å². The number of para-hydroxylation sites is 1. The average molecular weight is 463 g/mol. The number of rotatable bonds is 4. The largest absolute Gasteiger partial charge is 0.326 e. The molecule has 2 aromatic rings. The van der Waals surface area contributed by atoms with Gasteiger partial charge in [-0.25, -0.2) is 0 Å². The summed E-state index contributed by atoms with van der Waals surface area (Å²) in [5.41, 5.74) is 2.92. The van der Waals surface area contributed by atoms with Crippen LogP contribution in [0.2, 0.25) is 0 Å². The molecule has 0 aromatic heterocycles. The summed E-state index contributed by atoms with van der Waals surface area (Å²) in [6, 6.07) is 16.2. The number of benzene rings is 2. The molecule has 2 aromatic carbocycles. The van der Waals surface area contributed by atoms with Crippen molar-refractivity contribution in [3.8, 4) is 0 Å². The summed E-state index contributed by atoms with van der Waals surface area (Å²) in [4.78, 5) is 38.8. The molecule has 2 aliphatic rings. The van der Waals surface area contributed by atoms with Gasteiger partial charge in [0.25, 0.3) is 11.8 Å². The maximum atomic E-state index is 13.0. The van der Waals surface area contributed by atoms with Gasteiger partial charge in [0.2, 0.25) is 5.91 Å². The van der Waals surface area contributed by atoms with Crippen LogP contribution in [0.1, 0.15) is 19.4 Å². The number of thiocarbonyl (C=S) groups is 1. The lowest BCUT2D eigenvalue weighted by Crippen LogP contribution is -2.26. The molecule has 2 heterocycles. The number of hydrogen-bond donors (Lipinski definition) is 1. The number of carbonyl (C=O) groups is 3. The maximum Gasteiger partial charge on any atom is 0.282 e. The normalized spacial score (nSPS) is 18.7. The summed E-state index contributed by atoms with van der Waals surface area (Å²) in [5.74, 6) is -0.782. The van der Waals surface area contributed by atoms with Crippen LogP contribution in [-0.2, 0) is 14.4 Å². The van der Waals surface area contributed by atoms with E-state index in [4.69, 9.17) is 12.2 Å². The molecule has 7 nitrogen and oxygen atoms in total. The van der Waals surface area contributed by atoms with Crippen LogP contribution in [0, 0.1) is 0 Å². The van der Waals surface area contributed by atoms with Crippen LogP contribution in [0.15, 0.2) is 76.4 Å². The lowest BCUT2D eigenvalue weighted by molar-refractivity contribution is -0.120. The molecule has 0 radical (unpaired) electrons. The predicted octanol–water partition coefficient (Wildman–Crippen LogP) is 4.15. The van der Waals surface area contributed by atoms with Crippen molar-refractivity contribution in [1.29, 1.82) is 0 Å². The minimum Gasteiger partial charge on any atom is -0.326 e. The Morgan fingerprint density at radius 2 is 1.75 bits per heavy atom. The quantitative estimate of drug-likeness (QED) is 0.545. The van der Waals surface area contributed by atoms with E-state index < -0.39 is 0 Å². The van der Waals surface area contributed by atoms with E-state index in [-0.39, 0.29) is 17.7 Å². The van der Waals surface area contributed by atoms with E-state index in [9.17, 15) is 14.4 Å². The number of nitrogens with zero attached hydrogens (tertiary/aromatic N) is 3. The van der Waals surface area contributed by atoms with E-state index in [1.807, 2.05) is 18.2 Å². The number of thioether (sulfide) groups is 1. The number of carbonyl (C=O) groups excluding carboxylic acids is 3. The fraction of sp³-hybridized carbons (Fsp3) is 0.0870. The van der Waals surface area contributed by atoms with E-state index in [0.29, 0.717) is 31.9 Å². The molecular formula is C23H18N4O3S2. The van der Waals surface area contributed by atoms with Crippen LogP contribution in [0.5, 0.6) is 0 Å². The Balaban J connectivity index is 1.55. The van der Waals surface area contributed by atoms with E-state index >= 15 is 0 Å². The smallest absolute Gasteiger partial charge is 0.282 e. The highest BCUT2D eigenvalue weighted by molar-refractivity contribution is 8.26. The topological polar surface area (TPSA) is 82.1 Å². The van der Waals surface area contributed by atoms with E-state index in [2.05, 4.69) is 10.4 Å². The number of hydrazone groups is 1. The maximum absolute atomic E-state index is 13.0. The third-order valence-electron chi connectivity index (χ3n) is 4.67. The SMILES string of the molecule is CC(=O)Nc1ccc(/C=C2\SC(=S)N(/C=C3\C(=O)N(c4ccccc4)N=C3C)C2=O)cc1. The van der Waals surface area contributed by atoms with Gasteiger partial charge in [-0.2, -0.15) is 10.1 Å².